The molecule has 21 heavy (non-hydrogen) atoms. The van der Waals surface area contributed by atoms with E-state index in [4.69, 9.17) is 16.7 Å². The first-order valence-electron chi connectivity index (χ1n) is 5.56. The number of carboxylic acid groups (broad SMARTS) is 1. The van der Waals surface area contributed by atoms with Gasteiger partial charge in [0.1, 0.15) is 9.96 Å². The van der Waals surface area contributed by atoms with Crippen molar-refractivity contribution in [2.75, 3.05) is 4.72 Å². The predicted molar refractivity (Wildman–Crippen MR) is 79.9 cm³/mol. The third-order valence-electron chi connectivity index (χ3n) is 2.59. The molecule has 6 nitrogen and oxygen atoms in total. The standard InChI is InChI=1S/C12H10ClNO5S2/c1-6-4-10(20-11(6)13)21(18,19)14-8-3-2-7(12(16)17)5-9(8)15/h2-5,14-15H,1H3,(H,16,17). The molecule has 0 amide bonds. The number of phenols is 1. The Morgan fingerprint density at radius 3 is 2.48 bits per heavy atom. The highest BCUT2D eigenvalue weighted by Crippen LogP contribution is 2.33. The average molecular weight is 348 g/mol. The van der Waals surface area contributed by atoms with E-state index in [1.165, 1.54) is 18.2 Å². The van der Waals surface area contributed by atoms with E-state index in [1.54, 1.807) is 6.92 Å². The molecule has 0 aliphatic heterocycles. The van der Waals surface area contributed by atoms with Gasteiger partial charge in [-0.15, -0.1) is 11.3 Å². The Bertz CT molecular complexity index is 794. The molecule has 0 fully saturated rings. The van der Waals surface area contributed by atoms with Gasteiger partial charge >= 0.3 is 5.97 Å². The quantitative estimate of drug-likeness (QED) is 0.738. The zero-order valence-electron chi connectivity index (χ0n) is 10.6. The Labute approximate surface area is 129 Å². The van der Waals surface area contributed by atoms with Crippen LogP contribution in [-0.2, 0) is 10.0 Å². The average Bonchev–Trinajstić information content (AvgIpc) is 2.72. The number of hydrogen-bond acceptors (Lipinski definition) is 5. The second kappa shape index (κ2) is 5.55. The lowest BCUT2D eigenvalue weighted by molar-refractivity contribution is 0.0696. The summed E-state index contributed by atoms with van der Waals surface area (Å²) < 4.78 is 26.9. The van der Waals surface area contributed by atoms with Gasteiger partial charge in [0.25, 0.3) is 10.0 Å². The fraction of sp³-hybridized carbons (Fsp3) is 0.0833. The fourth-order valence-corrected chi connectivity index (χ4v) is 4.29. The maximum absolute atomic E-state index is 12.2. The van der Waals surface area contributed by atoms with E-state index in [1.807, 2.05) is 0 Å². The SMILES string of the molecule is Cc1cc(S(=O)(=O)Nc2ccc(C(=O)O)cc2O)sc1Cl. The molecule has 0 atom stereocenters. The topological polar surface area (TPSA) is 104 Å². The number of carbonyl (C=O) groups is 1. The largest absolute Gasteiger partial charge is 0.506 e. The zero-order chi connectivity index (χ0) is 15.8. The van der Waals surface area contributed by atoms with Gasteiger partial charge in [-0.25, -0.2) is 13.2 Å². The van der Waals surface area contributed by atoms with Crippen LogP contribution in [0.25, 0.3) is 0 Å². The first-order chi connectivity index (χ1) is 9.70. The van der Waals surface area contributed by atoms with E-state index in [-0.39, 0.29) is 15.5 Å². The Morgan fingerprint density at radius 1 is 1.33 bits per heavy atom. The fourth-order valence-electron chi connectivity index (χ4n) is 1.51. The molecule has 0 saturated carbocycles. The van der Waals surface area contributed by atoms with Crippen LogP contribution in [0.4, 0.5) is 5.69 Å². The van der Waals surface area contributed by atoms with Crippen LogP contribution in [0.5, 0.6) is 5.75 Å². The van der Waals surface area contributed by atoms with Gasteiger partial charge in [-0.3, -0.25) is 4.72 Å². The third kappa shape index (κ3) is 3.29. The van der Waals surface area contributed by atoms with Crippen LogP contribution in [0.15, 0.2) is 28.5 Å². The molecule has 0 aliphatic carbocycles. The molecule has 1 heterocycles. The molecule has 2 rings (SSSR count). The first kappa shape index (κ1) is 15.6. The van der Waals surface area contributed by atoms with Crippen molar-refractivity contribution in [3.05, 3.63) is 39.7 Å². The summed E-state index contributed by atoms with van der Waals surface area (Å²) in [5.41, 5.74) is 0.375. The molecule has 0 bridgehead atoms. The molecule has 0 unspecified atom stereocenters. The number of carboxylic acids is 1. The number of nitrogens with one attached hydrogen (secondary N) is 1. The summed E-state index contributed by atoms with van der Waals surface area (Å²) in [6.07, 6.45) is 0. The van der Waals surface area contributed by atoms with E-state index in [0.717, 1.165) is 17.4 Å². The number of phenolic OH excluding ortho intramolecular Hbond substituents is 1. The Morgan fingerprint density at radius 2 is 2.00 bits per heavy atom. The summed E-state index contributed by atoms with van der Waals surface area (Å²) in [7, 11) is -3.89. The maximum atomic E-state index is 12.2. The van der Waals surface area contributed by atoms with Crippen molar-refractivity contribution in [3.8, 4) is 5.75 Å². The molecular formula is C12H10ClNO5S2. The van der Waals surface area contributed by atoms with Crippen LogP contribution < -0.4 is 4.72 Å². The third-order valence-corrected chi connectivity index (χ3v) is 5.98. The van der Waals surface area contributed by atoms with Crippen LogP contribution in [0.2, 0.25) is 4.34 Å². The summed E-state index contributed by atoms with van der Waals surface area (Å²) >= 11 is 6.73. The van der Waals surface area contributed by atoms with Crippen molar-refractivity contribution in [2.45, 2.75) is 11.1 Å². The van der Waals surface area contributed by atoms with Gasteiger partial charge < -0.3 is 10.2 Å². The van der Waals surface area contributed by atoms with Crippen molar-refractivity contribution in [1.82, 2.24) is 0 Å². The number of rotatable bonds is 4. The molecular weight excluding hydrogens is 338 g/mol. The number of thiophene rings is 1. The van der Waals surface area contributed by atoms with Crippen LogP contribution in [-0.4, -0.2) is 24.6 Å². The molecule has 0 spiro atoms. The summed E-state index contributed by atoms with van der Waals surface area (Å²) in [6, 6.07) is 4.75. The molecule has 3 N–H and O–H groups in total. The van der Waals surface area contributed by atoms with Crippen molar-refractivity contribution < 1.29 is 23.4 Å². The first-order valence-corrected chi connectivity index (χ1v) is 8.23. The van der Waals surface area contributed by atoms with Crippen molar-refractivity contribution in [1.29, 1.82) is 0 Å². The predicted octanol–water partition coefficient (Wildman–Crippen LogP) is 2.91. The molecule has 9 heteroatoms. The number of aryl methyl sites for hydroxylation is 1. The Kier molecular flexibility index (Phi) is 4.13. The highest BCUT2D eigenvalue weighted by atomic mass is 35.5. The molecule has 0 saturated heterocycles. The number of aromatic carboxylic acids is 1. The zero-order valence-corrected chi connectivity index (χ0v) is 13.0. The number of halogens is 1. The second-order valence-electron chi connectivity index (χ2n) is 4.16. The number of benzene rings is 1. The summed E-state index contributed by atoms with van der Waals surface area (Å²) in [5, 5.41) is 18.5. The van der Waals surface area contributed by atoms with Crippen molar-refractivity contribution >= 4 is 44.6 Å². The number of sulfonamides is 1. The summed E-state index contributed by atoms with van der Waals surface area (Å²) in [6.45, 7) is 1.68. The minimum absolute atomic E-state index is 0.00621. The van der Waals surface area contributed by atoms with Crippen LogP contribution in [0.3, 0.4) is 0 Å². The lowest BCUT2D eigenvalue weighted by atomic mass is 10.2. The van der Waals surface area contributed by atoms with Gasteiger partial charge in [0.15, 0.2) is 0 Å². The van der Waals surface area contributed by atoms with Gasteiger partial charge in [0, 0.05) is 0 Å². The smallest absolute Gasteiger partial charge is 0.335 e. The molecule has 2 aromatic rings. The molecule has 0 radical (unpaired) electrons. The van der Waals surface area contributed by atoms with Gasteiger partial charge in [0.2, 0.25) is 0 Å². The number of anilines is 1. The molecule has 1 aromatic carbocycles. The lowest BCUT2D eigenvalue weighted by Crippen LogP contribution is -2.11. The molecule has 112 valence electrons. The van der Waals surface area contributed by atoms with Crippen molar-refractivity contribution in [2.24, 2.45) is 0 Å². The van der Waals surface area contributed by atoms with E-state index >= 15 is 0 Å². The van der Waals surface area contributed by atoms with Gasteiger partial charge in [-0.1, -0.05) is 11.6 Å². The van der Waals surface area contributed by atoms with E-state index < -0.39 is 21.7 Å². The van der Waals surface area contributed by atoms with E-state index in [2.05, 4.69) is 4.72 Å². The normalized spacial score (nSPS) is 11.3. The number of hydrogen-bond donors (Lipinski definition) is 3. The lowest BCUT2D eigenvalue weighted by Gasteiger charge is -2.08. The van der Waals surface area contributed by atoms with Crippen molar-refractivity contribution in [3.63, 3.8) is 0 Å². The van der Waals surface area contributed by atoms with Gasteiger partial charge in [0.05, 0.1) is 15.6 Å². The molecule has 1 aromatic heterocycles. The van der Waals surface area contributed by atoms with Gasteiger partial charge in [-0.05, 0) is 36.8 Å². The second-order valence-corrected chi connectivity index (χ2v) is 7.73. The van der Waals surface area contributed by atoms with E-state index in [0.29, 0.717) is 9.90 Å². The van der Waals surface area contributed by atoms with Gasteiger partial charge in [-0.2, -0.15) is 0 Å². The molecule has 0 aliphatic rings. The summed E-state index contributed by atoms with van der Waals surface area (Å²) in [5.74, 6) is -1.70. The highest BCUT2D eigenvalue weighted by Gasteiger charge is 2.20. The summed E-state index contributed by atoms with van der Waals surface area (Å²) in [4.78, 5) is 10.7. The number of aromatic hydroxyl groups is 1. The highest BCUT2D eigenvalue weighted by molar-refractivity contribution is 7.94. The maximum Gasteiger partial charge on any atom is 0.335 e. The van der Waals surface area contributed by atoms with E-state index in [9.17, 15) is 18.3 Å². The van der Waals surface area contributed by atoms with Crippen LogP contribution in [0.1, 0.15) is 15.9 Å². The monoisotopic (exact) mass is 347 g/mol. The van der Waals surface area contributed by atoms with Crippen LogP contribution in [0, 0.1) is 6.92 Å². The Hall–Kier alpha value is -1.77. The Balaban J connectivity index is 2.35. The van der Waals surface area contributed by atoms with Crippen LogP contribution >= 0.6 is 22.9 Å². The minimum atomic E-state index is -3.89. The minimum Gasteiger partial charge on any atom is -0.506 e.